The average molecular weight is 217 g/mol. The predicted octanol–water partition coefficient (Wildman–Crippen LogP) is -5.49. The van der Waals surface area contributed by atoms with Crippen molar-refractivity contribution in [2.24, 2.45) is 0 Å². The number of nitrogens with two attached hydrogens (primary N) is 1. The van der Waals surface area contributed by atoms with Crippen LogP contribution in [-0.4, -0.2) is 19.2 Å². The highest BCUT2D eigenvalue weighted by atomic mass is 35.5. The largest absolute Gasteiger partial charge is 1.00 e. The van der Waals surface area contributed by atoms with E-state index < -0.39 is 0 Å². The van der Waals surface area contributed by atoms with Crippen LogP contribution in [0, 0.1) is 0 Å². The molecule has 0 aliphatic carbocycles. The molecule has 5 heteroatoms. The number of carbonyl (C=O) groups excluding carboxylic acids is 1. The molecule has 0 aliphatic rings. The first kappa shape index (κ1) is 17.9. The summed E-state index contributed by atoms with van der Waals surface area (Å²) in [5.41, 5.74) is 0. The van der Waals surface area contributed by atoms with E-state index in [1.165, 1.54) is 0 Å². The third-order valence-corrected chi connectivity index (χ3v) is 1.16. The van der Waals surface area contributed by atoms with Gasteiger partial charge in [0.25, 0.3) is 0 Å². The maximum atomic E-state index is 10.6. The van der Waals surface area contributed by atoms with Crippen LogP contribution in [0.15, 0.2) is 0 Å². The van der Waals surface area contributed by atoms with Gasteiger partial charge in [0.1, 0.15) is 0 Å². The summed E-state index contributed by atoms with van der Waals surface area (Å²) in [5, 5.41) is 1.60. The SMILES string of the molecule is CCCC[NH2+]C(=O)OCC.[Cl-].[Cl-]. The summed E-state index contributed by atoms with van der Waals surface area (Å²) >= 11 is 0. The first-order chi connectivity index (χ1) is 4.81. The van der Waals surface area contributed by atoms with E-state index in [9.17, 15) is 4.79 Å². The zero-order chi connectivity index (χ0) is 7.82. The van der Waals surface area contributed by atoms with Crippen molar-refractivity contribution >= 4 is 6.09 Å². The number of carbonyl (C=O) groups is 1. The lowest BCUT2D eigenvalue weighted by Crippen LogP contribution is -3.00. The van der Waals surface area contributed by atoms with Crippen LogP contribution in [0.3, 0.4) is 0 Å². The minimum atomic E-state index is -0.184. The van der Waals surface area contributed by atoms with Gasteiger partial charge in [-0.15, -0.1) is 0 Å². The predicted molar refractivity (Wildman–Crippen MR) is 38.7 cm³/mol. The Balaban J connectivity index is -0.000000405. The first-order valence-corrected chi connectivity index (χ1v) is 3.81. The maximum Gasteiger partial charge on any atom is 0.512 e. The lowest BCUT2D eigenvalue weighted by Gasteiger charge is -1.97. The van der Waals surface area contributed by atoms with E-state index in [1.54, 1.807) is 5.32 Å². The summed E-state index contributed by atoms with van der Waals surface area (Å²) in [7, 11) is 0. The Hall–Kier alpha value is 0.01000. The van der Waals surface area contributed by atoms with Gasteiger partial charge < -0.3 is 29.6 Å². The number of primary amides is 1. The second-order valence-electron chi connectivity index (χ2n) is 2.10. The minimum Gasteiger partial charge on any atom is -1.00 e. The van der Waals surface area contributed by atoms with Gasteiger partial charge in [-0.05, 0) is 13.3 Å². The summed E-state index contributed by atoms with van der Waals surface area (Å²) in [6.45, 7) is 5.22. The average Bonchev–Trinajstić information content (AvgIpc) is 1.89. The number of hydrogen-bond donors (Lipinski definition) is 1. The van der Waals surface area contributed by atoms with Crippen molar-refractivity contribution in [2.45, 2.75) is 26.7 Å². The molecule has 0 rings (SSSR count). The zero-order valence-electron chi connectivity index (χ0n) is 7.48. The number of ether oxygens (including phenoxy) is 1. The lowest BCUT2D eigenvalue weighted by molar-refractivity contribution is -0.570. The molecule has 0 spiro atoms. The Morgan fingerprint density at radius 3 is 2.33 bits per heavy atom. The smallest absolute Gasteiger partial charge is 0.512 e. The van der Waals surface area contributed by atoms with E-state index >= 15 is 0 Å². The fraction of sp³-hybridized carbons (Fsp3) is 0.857. The summed E-state index contributed by atoms with van der Waals surface area (Å²) in [6.07, 6.45) is 2.00. The van der Waals surface area contributed by atoms with E-state index in [-0.39, 0.29) is 30.9 Å². The van der Waals surface area contributed by atoms with Gasteiger partial charge in [0.2, 0.25) is 0 Å². The van der Waals surface area contributed by atoms with E-state index in [4.69, 9.17) is 4.74 Å². The number of quaternary nitrogens is 1. The van der Waals surface area contributed by atoms with Crippen LogP contribution in [0.1, 0.15) is 26.7 Å². The molecule has 0 saturated heterocycles. The molecule has 0 heterocycles. The molecule has 0 aliphatic heterocycles. The molecule has 3 nitrogen and oxygen atoms in total. The highest BCUT2D eigenvalue weighted by Crippen LogP contribution is 1.78. The molecule has 0 saturated carbocycles. The van der Waals surface area contributed by atoms with Crippen molar-refractivity contribution < 1.29 is 39.7 Å². The summed E-state index contributed by atoms with van der Waals surface area (Å²) in [6, 6.07) is 0. The van der Waals surface area contributed by atoms with Crippen LogP contribution in [0.25, 0.3) is 0 Å². The van der Waals surface area contributed by atoms with E-state index in [1.807, 2.05) is 6.92 Å². The van der Waals surface area contributed by atoms with Crippen molar-refractivity contribution in [3.8, 4) is 0 Å². The molecule has 0 unspecified atom stereocenters. The standard InChI is InChI=1S/C7H15NO2.2ClH/c1-3-5-6-8-7(9)10-4-2;;/h3-6H2,1-2H3,(H,8,9);2*1H/p-1. The second kappa shape index (κ2) is 13.6. The fourth-order valence-electron chi connectivity index (χ4n) is 0.625. The number of hydrogen-bond acceptors (Lipinski definition) is 2. The Bertz CT molecular complexity index is 101. The molecule has 12 heavy (non-hydrogen) atoms. The molecule has 0 radical (unpaired) electrons. The summed E-state index contributed by atoms with van der Waals surface area (Å²) in [4.78, 5) is 10.6. The normalized spacial score (nSPS) is 7.83. The molecule has 0 atom stereocenters. The lowest BCUT2D eigenvalue weighted by atomic mass is 10.3. The Labute approximate surface area is 86.1 Å². The quantitative estimate of drug-likeness (QED) is 0.477. The summed E-state index contributed by atoms with van der Waals surface area (Å²) < 4.78 is 4.69. The van der Waals surface area contributed by atoms with Gasteiger partial charge in [-0.3, -0.25) is 0 Å². The molecule has 0 aromatic rings. The van der Waals surface area contributed by atoms with Gasteiger partial charge in [0, 0.05) is 0 Å². The van der Waals surface area contributed by atoms with E-state index in [0.29, 0.717) is 6.61 Å². The topological polar surface area (TPSA) is 42.9 Å². The van der Waals surface area contributed by atoms with Crippen LogP contribution in [0.2, 0.25) is 0 Å². The molecular weight excluding hydrogens is 201 g/mol. The van der Waals surface area contributed by atoms with Crippen molar-refractivity contribution in [2.75, 3.05) is 13.2 Å². The van der Waals surface area contributed by atoms with Gasteiger partial charge in [0.15, 0.2) is 0 Å². The van der Waals surface area contributed by atoms with Crippen LogP contribution in [0.4, 0.5) is 4.79 Å². The minimum absolute atomic E-state index is 0. The molecule has 76 valence electrons. The highest BCUT2D eigenvalue weighted by molar-refractivity contribution is 5.55. The first-order valence-electron chi connectivity index (χ1n) is 3.81. The Kier molecular flexibility index (Phi) is 20.3. The van der Waals surface area contributed by atoms with Crippen LogP contribution in [-0.2, 0) is 4.74 Å². The van der Waals surface area contributed by atoms with Crippen molar-refractivity contribution in [3.63, 3.8) is 0 Å². The number of unbranched alkanes of at least 4 members (excludes halogenated alkanes) is 1. The van der Waals surface area contributed by atoms with Gasteiger partial charge in [-0.1, -0.05) is 13.3 Å². The second-order valence-corrected chi connectivity index (χ2v) is 2.10. The maximum absolute atomic E-state index is 10.6. The Morgan fingerprint density at radius 2 is 1.92 bits per heavy atom. The number of rotatable bonds is 4. The molecule has 0 aromatic carbocycles. The monoisotopic (exact) mass is 216 g/mol. The van der Waals surface area contributed by atoms with Gasteiger partial charge in [-0.2, -0.15) is 4.79 Å². The van der Waals surface area contributed by atoms with E-state index in [0.717, 1.165) is 19.4 Å². The van der Waals surface area contributed by atoms with Crippen LogP contribution >= 0.6 is 0 Å². The number of halogens is 2. The third kappa shape index (κ3) is 12.7. The van der Waals surface area contributed by atoms with Crippen molar-refractivity contribution in [1.82, 2.24) is 0 Å². The molecule has 0 aromatic heterocycles. The van der Waals surface area contributed by atoms with Crippen molar-refractivity contribution in [1.29, 1.82) is 0 Å². The highest BCUT2D eigenvalue weighted by Gasteiger charge is 2.02. The molecule has 0 fully saturated rings. The summed E-state index contributed by atoms with van der Waals surface area (Å²) in [5.74, 6) is 0. The third-order valence-electron chi connectivity index (χ3n) is 1.16. The van der Waals surface area contributed by atoms with Gasteiger partial charge in [-0.25, -0.2) is 5.32 Å². The fourth-order valence-corrected chi connectivity index (χ4v) is 0.625. The molecule has 2 N–H and O–H groups in total. The Morgan fingerprint density at radius 1 is 1.33 bits per heavy atom. The van der Waals surface area contributed by atoms with Gasteiger partial charge in [0.05, 0.1) is 13.2 Å². The zero-order valence-corrected chi connectivity index (χ0v) is 8.99. The molecule has 0 bridgehead atoms. The molecular formula is C7H16Cl2NO2-. The van der Waals surface area contributed by atoms with Gasteiger partial charge >= 0.3 is 6.09 Å². The molecule has 1 amide bonds. The van der Waals surface area contributed by atoms with Crippen LogP contribution in [0.5, 0.6) is 0 Å². The van der Waals surface area contributed by atoms with Crippen LogP contribution < -0.4 is 30.1 Å². The number of amides is 1. The van der Waals surface area contributed by atoms with Crippen molar-refractivity contribution in [3.05, 3.63) is 0 Å². The van der Waals surface area contributed by atoms with E-state index in [2.05, 4.69) is 6.92 Å².